The summed E-state index contributed by atoms with van der Waals surface area (Å²) in [5, 5.41) is 9.26. The van der Waals surface area contributed by atoms with Crippen molar-refractivity contribution in [3.05, 3.63) is 22.8 Å². The van der Waals surface area contributed by atoms with Gasteiger partial charge >= 0.3 is 0 Å². The average Bonchev–Trinajstić information content (AvgIpc) is 2.26. The van der Waals surface area contributed by atoms with E-state index in [-0.39, 0.29) is 0 Å². The number of hydrogen-bond donors (Lipinski definition) is 0. The third-order valence-electron chi connectivity index (χ3n) is 2.20. The zero-order chi connectivity index (χ0) is 11.3. The predicted molar refractivity (Wildman–Crippen MR) is 62.1 cm³/mol. The summed E-state index contributed by atoms with van der Waals surface area (Å²) in [5.74, 6) is 0.684. The molecule has 0 aliphatic rings. The van der Waals surface area contributed by atoms with Crippen LogP contribution in [-0.2, 0) is 0 Å². The van der Waals surface area contributed by atoms with E-state index in [0.717, 1.165) is 19.4 Å². The van der Waals surface area contributed by atoms with Gasteiger partial charge in [-0.15, -0.1) is 0 Å². The minimum Gasteiger partial charge on any atom is -0.358 e. The molecule has 0 amide bonds. The van der Waals surface area contributed by atoms with Gasteiger partial charge in [-0.2, -0.15) is 5.26 Å². The molecular formula is C11H14ClN3. The van der Waals surface area contributed by atoms with Gasteiger partial charge < -0.3 is 4.90 Å². The van der Waals surface area contributed by atoms with Crippen LogP contribution in [0.1, 0.15) is 25.3 Å². The molecule has 0 saturated heterocycles. The molecule has 1 heterocycles. The highest BCUT2D eigenvalue weighted by molar-refractivity contribution is 6.34. The molecule has 15 heavy (non-hydrogen) atoms. The molecule has 0 saturated carbocycles. The van der Waals surface area contributed by atoms with Gasteiger partial charge in [-0.05, 0) is 12.5 Å². The first-order chi connectivity index (χ1) is 7.20. The summed E-state index contributed by atoms with van der Waals surface area (Å²) >= 11 is 6.06. The van der Waals surface area contributed by atoms with Crippen molar-refractivity contribution in [1.82, 2.24) is 4.98 Å². The van der Waals surface area contributed by atoms with Crippen LogP contribution in [0.15, 0.2) is 12.3 Å². The maximum Gasteiger partial charge on any atom is 0.148 e. The van der Waals surface area contributed by atoms with E-state index in [1.54, 1.807) is 12.3 Å². The zero-order valence-electron chi connectivity index (χ0n) is 9.00. The second-order valence-electron chi connectivity index (χ2n) is 3.38. The monoisotopic (exact) mass is 223 g/mol. The molecule has 80 valence electrons. The van der Waals surface area contributed by atoms with Crippen molar-refractivity contribution in [2.24, 2.45) is 0 Å². The van der Waals surface area contributed by atoms with Crippen molar-refractivity contribution in [3.63, 3.8) is 0 Å². The Morgan fingerprint density at radius 1 is 1.60 bits per heavy atom. The molecule has 1 rings (SSSR count). The Labute approximate surface area is 95.3 Å². The third-order valence-corrected chi connectivity index (χ3v) is 2.57. The van der Waals surface area contributed by atoms with Crippen LogP contribution < -0.4 is 4.90 Å². The molecule has 1 aromatic rings. The molecule has 0 atom stereocenters. The zero-order valence-corrected chi connectivity index (χ0v) is 9.75. The molecule has 0 N–H and O–H groups in total. The minimum atomic E-state index is 0.443. The fourth-order valence-corrected chi connectivity index (χ4v) is 1.58. The third kappa shape index (κ3) is 2.84. The van der Waals surface area contributed by atoms with Gasteiger partial charge in [0.05, 0.1) is 5.56 Å². The van der Waals surface area contributed by atoms with Gasteiger partial charge in [-0.3, -0.25) is 0 Å². The molecule has 0 bridgehead atoms. The Bertz CT molecular complexity index is 371. The van der Waals surface area contributed by atoms with Crippen LogP contribution in [0.25, 0.3) is 0 Å². The van der Waals surface area contributed by atoms with E-state index in [9.17, 15) is 0 Å². The van der Waals surface area contributed by atoms with E-state index >= 15 is 0 Å². The number of nitriles is 1. The average molecular weight is 224 g/mol. The van der Waals surface area contributed by atoms with Crippen LogP contribution in [0.2, 0.25) is 5.02 Å². The molecule has 1 aromatic heterocycles. The van der Waals surface area contributed by atoms with Gasteiger partial charge in [-0.1, -0.05) is 24.9 Å². The molecule has 3 nitrogen and oxygen atoms in total. The maximum absolute atomic E-state index is 8.82. The van der Waals surface area contributed by atoms with Gasteiger partial charge in [0.1, 0.15) is 16.9 Å². The lowest BCUT2D eigenvalue weighted by atomic mass is 10.2. The van der Waals surface area contributed by atoms with Crippen LogP contribution in [0.4, 0.5) is 5.82 Å². The molecule has 0 radical (unpaired) electrons. The number of halogens is 1. The molecule has 0 spiro atoms. The maximum atomic E-state index is 8.82. The van der Waals surface area contributed by atoms with Crippen LogP contribution in [0.3, 0.4) is 0 Å². The smallest absolute Gasteiger partial charge is 0.148 e. The van der Waals surface area contributed by atoms with Crippen LogP contribution in [0, 0.1) is 11.3 Å². The minimum absolute atomic E-state index is 0.443. The van der Waals surface area contributed by atoms with E-state index in [1.807, 2.05) is 18.0 Å². The van der Waals surface area contributed by atoms with E-state index in [2.05, 4.69) is 11.9 Å². The molecule has 0 aromatic carbocycles. The summed E-state index contributed by atoms with van der Waals surface area (Å²) in [4.78, 5) is 6.16. The normalized spacial score (nSPS) is 9.73. The van der Waals surface area contributed by atoms with E-state index in [4.69, 9.17) is 16.9 Å². The van der Waals surface area contributed by atoms with Crippen LogP contribution in [-0.4, -0.2) is 18.6 Å². The van der Waals surface area contributed by atoms with E-state index in [1.165, 1.54) is 0 Å². The SMILES string of the molecule is CCCCN(C)c1nccc(C#N)c1Cl. The lowest BCUT2D eigenvalue weighted by Gasteiger charge is -2.18. The number of hydrogen-bond acceptors (Lipinski definition) is 3. The van der Waals surface area contributed by atoms with Gasteiger partial charge in [0.25, 0.3) is 0 Å². The molecule has 0 aliphatic carbocycles. The Balaban J connectivity index is 2.90. The largest absolute Gasteiger partial charge is 0.358 e. The fraction of sp³-hybridized carbons (Fsp3) is 0.455. The molecule has 0 unspecified atom stereocenters. The first-order valence-electron chi connectivity index (χ1n) is 4.96. The number of anilines is 1. The highest BCUT2D eigenvalue weighted by atomic mass is 35.5. The molecule has 4 heteroatoms. The van der Waals surface area contributed by atoms with Crippen molar-refractivity contribution in [2.75, 3.05) is 18.5 Å². The van der Waals surface area contributed by atoms with Crippen molar-refractivity contribution < 1.29 is 0 Å². The summed E-state index contributed by atoms with van der Waals surface area (Å²) in [6.45, 7) is 3.03. The fourth-order valence-electron chi connectivity index (χ4n) is 1.29. The van der Waals surface area contributed by atoms with Crippen LogP contribution in [0.5, 0.6) is 0 Å². The van der Waals surface area contributed by atoms with Gasteiger partial charge in [-0.25, -0.2) is 4.98 Å². The highest BCUT2D eigenvalue weighted by Crippen LogP contribution is 2.25. The molecule has 0 aliphatic heterocycles. The van der Waals surface area contributed by atoms with Crippen LogP contribution >= 0.6 is 11.6 Å². The predicted octanol–water partition coefficient (Wildman–Crippen LogP) is 2.84. The standard InChI is InChI=1S/C11H14ClN3/c1-3-4-7-15(2)11-10(12)9(8-13)5-6-14-11/h5-6H,3-4,7H2,1-2H3. The summed E-state index contributed by atoms with van der Waals surface area (Å²) in [7, 11) is 1.94. The lowest BCUT2D eigenvalue weighted by molar-refractivity contribution is 0.759. The lowest BCUT2D eigenvalue weighted by Crippen LogP contribution is -2.20. The number of rotatable bonds is 4. The number of aromatic nitrogens is 1. The van der Waals surface area contributed by atoms with E-state index in [0.29, 0.717) is 16.4 Å². The second-order valence-corrected chi connectivity index (χ2v) is 3.76. The van der Waals surface area contributed by atoms with Gasteiger partial charge in [0.2, 0.25) is 0 Å². The molecule has 0 fully saturated rings. The Morgan fingerprint density at radius 2 is 2.33 bits per heavy atom. The Morgan fingerprint density at radius 3 is 2.93 bits per heavy atom. The molecular weight excluding hydrogens is 210 g/mol. The first-order valence-corrected chi connectivity index (χ1v) is 5.34. The van der Waals surface area contributed by atoms with E-state index < -0.39 is 0 Å². The summed E-state index contributed by atoms with van der Waals surface area (Å²) in [5.41, 5.74) is 0.477. The topological polar surface area (TPSA) is 39.9 Å². The number of nitrogens with zero attached hydrogens (tertiary/aromatic N) is 3. The van der Waals surface area contributed by atoms with Crippen molar-refractivity contribution in [2.45, 2.75) is 19.8 Å². The van der Waals surface area contributed by atoms with Crippen molar-refractivity contribution in [3.8, 4) is 6.07 Å². The summed E-state index contributed by atoms with van der Waals surface area (Å²) in [6.07, 6.45) is 3.83. The Hall–Kier alpha value is -1.27. The number of unbranched alkanes of at least 4 members (excludes halogenated alkanes) is 1. The summed E-state index contributed by atoms with van der Waals surface area (Å²) in [6, 6.07) is 3.67. The second kappa shape index (κ2) is 5.57. The van der Waals surface area contributed by atoms with Gasteiger partial charge in [0.15, 0.2) is 0 Å². The van der Waals surface area contributed by atoms with Crippen molar-refractivity contribution in [1.29, 1.82) is 5.26 Å². The quantitative estimate of drug-likeness (QED) is 0.788. The first kappa shape index (κ1) is 11.8. The number of pyridine rings is 1. The van der Waals surface area contributed by atoms with Crippen molar-refractivity contribution >= 4 is 17.4 Å². The Kier molecular flexibility index (Phi) is 4.38. The summed E-state index contributed by atoms with van der Waals surface area (Å²) < 4.78 is 0. The highest BCUT2D eigenvalue weighted by Gasteiger charge is 2.10. The van der Waals surface area contributed by atoms with Gasteiger partial charge in [0, 0.05) is 19.8 Å².